The molecule has 1 aromatic carbocycles. The van der Waals surface area contributed by atoms with E-state index in [0.717, 1.165) is 32.1 Å². The summed E-state index contributed by atoms with van der Waals surface area (Å²) in [5.74, 6) is -0.252. The molecule has 0 spiro atoms. The highest BCUT2D eigenvalue weighted by atomic mass is 19.1. The number of aliphatic hydroxyl groups excluding tert-OH is 3. The summed E-state index contributed by atoms with van der Waals surface area (Å²) in [6.07, 6.45) is 6.12. The first-order valence-electron chi connectivity index (χ1n) is 10.7. The second-order valence-electron chi connectivity index (χ2n) is 8.23. The summed E-state index contributed by atoms with van der Waals surface area (Å²) in [5.41, 5.74) is 0.186. The first kappa shape index (κ1) is 23.6. The van der Waals surface area contributed by atoms with Crippen molar-refractivity contribution in [2.45, 2.75) is 83.0 Å². The number of benzene rings is 1. The molecular formula is C23H34FNO4. The third kappa shape index (κ3) is 7.96. The number of aliphatic hydroxyl groups is 3. The van der Waals surface area contributed by atoms with Gasteiger partial charge in [-0.25, -0.2) is 4.39 Å². The maximum atomic E-state index is 13.6. The van der Waals surface area contributed by atoms with Gasteiger partial charge in [0.25, 0.3) is 0 Å². The number of nitrogens with zero attached hydrogens (tertiary/aromatic N) is 1. The van der Waals surface area contributed by atoms with Crippen LogP contribution in [0.5, 0.6) is 0 Å². The van der Waals surface area contributed by atoms with Gasteiger partial charge in [0.1, 0.15) is 11.6 Å². The van der Waals surface area contributed by atoms with Crippen LogP contribution < -0.4 is 0 Å². The van der Waals surface area contributed by atoms with E-state index < -0.39 is 24.1 Å². The normalized spacial score (nSPS) is 25.6. The third-order valence-electron chi connectivity index (χ3n) is 5.87. The van der Waals surface area contributed by atoms with E-state index >= 15 is 0 Å². The number of ketones is 1. The second-order valence-corrected chi connectivity index (χ2v) is 8.23. The predicted octanol–water partition coefficient (Wildman–Crippen LogP) is 3.96. The summed E-state index contributed by atoms with van der Waals surface area (Å²) < 4.78 is 13.6. The Hall–Kier alpha value is -1.63. The number of para-hydroxylation sites is 1. The fourth-order valence-electron chi connectivity index (χ4n) is 4.25. The summed E-state index contributed by atoms with van der Waals surface area (Å²) in [6, 6.07) is 6.13. The largest absolute Gasteiger partial charge is 0.393 e. The van der Waals surface area contributed by atoms with Crippen molar-refractivity contribution >= 4 is 17.7 Å². The van der Waals surface area contributed by atoms with Crippen LogP contribution in [-0.4, -0.2) is 45.6 Å². The molecule has 6 heteroatoms. The molecule has 1 aliphatic carbocycles. The number of carbonyl (C=O) groups excluding carboxylic acids is 1. The standard InChI is InChI=1S/C23H34FNO4/c1-16(26)8-4-2-3-5-9-18-19(23(29)14-22(18)28)13-12-17(27)15-25-21-11-7-6-10-20(21)24/h6-7,10-11,15,17-19,22-23,27-29H,2-5,8-9,12-14H2,1H3/b25-15+/t17?,18-,19-,22+,23-/m1/s1. The van der Waals surface area contributed by atoms with Crippen molar-refractivity contribution in [3.8, 4) is 0 Å². The molecule has 0 aromatic heterocycles. The summed E-state index contributed by atoms with van der Waals surface area (Å²) in [6.45, 7) is 1.61. The first-order chi connectivity index (χ1) is 13.9. The van der Waals surface area contributed by atoms with Crippen LogP contribution in [0.1, 0.15) is 64.7 Å². The molecule has 0 aliphatic heterocycles. The van der Waals surface area contributed by atoms with Crippen molar-refractivity contribution in [3.05, 3.63) is 30.1 Å². The lowest BCUT2D eigenvalue weighted by molar-refractivity contribution is -0.117. The molecule has 1 aliphatic rings. The Labute approximate surface area is 172 Å². The number of aliphatic imine (C=N–C) groups is 1. The number of hydrogen-bond donors (Lipinski definition) is 3. The second kappa shape index (κ2) is 12.2. The van der Waals surface area contributed by atoms with Gasteiger partial charge in [0.15, 0.2) is 0 Å². The number of Topliss-reactive ketones (excluding diaryl/α,β-unsaturated/α-hetero) is 1. The zero-order valence-corrected chi connectivity index (χ0v) is 17.2. The lowest BCUT2D eigenvalue weighted by Crippen LogP contribution is -2.24. The molecule has 5 nitrogen and oxygen atoms in total. The molecule has 1 unspecified atom stereocenters. The van der Waals surface area contributed by atoms with Crippen LogP contribution >= 0.6 is 0 Å². The Bertz CT molecular complexity index is 666. The molecule has 0 bridgehead atoms. The molecule has 5 atom stereocenters. The fraction of sp³-hybridized carbons (Fsp3) is 0.652. The Morgan fingerprint density at radius 3 is 2.48 bits per heavy atom. The number of rotatable bonds is 12. The number of hydrogen-bond acceptors (Lipinski definition) is 5. The minimum Gasteiger partial charge on any atom is -0.393 e. The highest BCUT2D eigenvalue weighted by Crippen LogP contribution is 2.39. The number of halogens is 1. The Balaban J connectivity index is 1.77. The zero-order valence-electron chi connectivity index (χ0n) is 17.2. The molecule has 2 rings (SSSR count). The monoisotopic (exact) mass is 407 g/mol. The van der Waals surface area contributed by atoms with E-state index in [1.165, 1.54) is 12.3 Å². The minimum absolute atomic E-state index is 0.0218. The van der Waals surface area contributed by atoms with Gasteiger partial charge in [0.2, 0.25) is 0 Å². The quantitative estimate of drug-likeness (QED) is 0.361. The molecule has 1 aromatic rings. The van der Waals surface area contributed by atoms with Gasteiger partial charge >= 0.3 is 0 Å². The Morgan fingerprint density at radius 2 is 1.79 bits per heavy atom. The molecule has 162 valence electrons. The summed E-state index contributed by atoms with van der Waals surface area (Å²) in [7, 11) is 0. The average Bonchev–Trinajstić information content (AvgIpc) is 2.94. The predicted molar refractivity (Wildman–Crippen MR) is 112 cm³/mol. The van der Waals surface area contributed by atoms with Gasteiger partial charge in [-0.1, -0.05) is 31.4 Å². The van der Waals surface area contributed by atoms with Crippen LogP contribution in [0.15, 0.2) is 29.3 Å². The highest BCUT2D eigenvalue weighted by Gasteiger charge is 2.40. The molecule has 0 heterocycles. The van der Waals surface area contributed by atoms with E-state index in [-0.39, 0.29) is 23.3 Å². The van der Waals surface area contributed by atoms with Crippen LogP contribution in [0.4, 0.5) is 10.1 Å². The SMILES string of the molecule is CC(=O)CCCCCC[C@@H]1[C@@H](CCC(O)/C=N/c2ccccc2F)[C@H](O)C[C@@H]1O. The van der Waals surface area contributed by atoms with Crippen LogP contribution in [0, 0.1) is 17.7 Å². The van der Waals surface area contributed by atoms with Crippen molar-refractivity contribution in [2.75, 3.05) is 0 Å². The molecule has 0 amide bonds. The van der Waals surface area contributed by atoms with Gasteiger partial charge in [-0.15, -0.1) is 0 Å². The third-order valence-corrected chi connectivity index (χ3v) is 5.87. The van der Waals surface area contributed by atoms with Crippen LogP contribution in [0.25, 0.3) is 0 Å². The highest BCUT2D eigenvalue weighted by molar-refractivity contribution is 5.75. The van der Waals surface area contributed by atoms with Crippen LogP contribution in [0.2, 0.25) is 0 Å². The van der Waals surface area contributed by atoms with Gasteiger partial charge in [-0.05, 0) is 63.0 Å². The van der Waals surface area contributed by atoms with Crippen molar-refractivity contribution in [3.63, 3.8) is 0 Å². The topological polar surface area (TPSA) is 90.1 Å². The van der Waals surface area contributed by atoms with Crippen molar-refractivity contribution < 1.29 is 24.5 Å². The molecule has 0 radical (unpaired) electrons. The van der Waals surface area contributed by atoms with Crippen molar-refractivity contribution in [1.29, 1.82) is 0 Å². The lowest BCUT2D eigenvalue weighted by atomic mass is 9.85. The molecule has 1 saturated carbocycles. The van der Waals surface area contributed by atoms with Crippen LogP contribution in [0.3, 0.4) is 0 Å². The van der Waals surface area contributed by atoms with Gasteiger partial charge in [-0.3, -0.25) is 4.99 Å². The lowest BCUT2D eigenvalue weighted by Gasteiger charge is -2.24. The van der Waals surface area contributed by atoms with Crippen molar-refractivity contribution in [2.24, 2.45) is 16.8 Å². The molecule has 3 N–H and O–H groups in total. The number of unbranched alkanes of at least 4 members (excludes halogenated alkanes) is 3. The summed E-state index contributed by atoms with van der Waals surface area (Å²) in [5, 5.41) is 30.8. The fourth-order valence-corrected chi connectivity index (χ4v) is 4.25. The summed E-state index contributed by atoms with van der Waals surface area (Å²) >= 11 is 0. The van der Waals surface area contributed by atoms with Crippen molar-refractivity contribution in [1.82, 2.24) is 0 Å². The first-order valence-corrected chi connectivity index (χ1v) is 10.7. The zero-order chi connectivity index (χ0) is 21.2. The van der Waals surface area contributed by atoms with E-state index in [1.54, 1.807) is 25.1 Å². The van der Waals surface area contributed by atoms with Gasteiger partial charge in [0.05, 0.1) is 24.0 Å². The van der Waals surface area contributed by atoms with E-state index in [2.05, 4.69) is 4.99 Å². The molecule has 0 saturated heterocycles. The van der Waals surface area contributed by atoms with E-state index in [9.17, 15) is 24.5 Å². The van der Waals surface area contributed by atoms with Gasteiger partial charge < -0.3 is 20.1 Å². The van der Waals surface area contributed by atoms with Gasteiger partial charge in [-0.2, -0.15) is 0 Å². The minimum atomic E-state index is -0.827. The van der Waals surface area contributed by atoms with E-state index in [4.69, 9.17) is 0 Å². The summed E-state index contributed by atoms with van der Waals surface area (Å²) in [4.78, 5) is 15.0. The molecular weight excluding hydrogens is 373 g/mol. The average molecular weight is 408 g/mol. The Kier molecular flexibility index (Phi) is 9.91. The van der Waals surface area contributed by atoms with Gasteiger partial charge in [0, 0.05) is 12.6 Å². The maximum Gasteiger partial charge on any atom is 0.148 e. The van der Waals surface area contributed by atoms with E-state index in [0.29, 0.717) is 25.7 Å². The number of carbonyl (C=O) groups is 1. The van der Waals surface area contributed by atoms with E-state index in [1.807, 2.05) is 0 Å². The Morgan fingerprint density at radius 1 is 1.14 bits per heavy atom. The smallest absolute Gasteiger partial charge is 0.148 e. The molecule has 1 fully saturated rings. The van der Waals surface area contributed by atoms with Crippen LogP contribution in [-0.2, 0) is 4.79 Å². The molecule has 29 heavy (non-hydrogen) atoms. The maximum absolute atomic E-state index is 13.6.